The lowest BCUT2D eigenvalue weighted by atomic mass is 9.89. The van der Waals surface area contributed by atoms with Gasteiger partial charge in [-0.1, -0.05) is 64.7 Å². The molecule has 1 N–H and O–H groups in total. The normalized spacial score (nSPS) is 22.6. The Labute approximate surface area is 138 Å². The molecule has 0 saturated heterocycles. The summed E-state index contributed by atoms with van der Waals surface area (Å²) < 4.78 is 0. The molecular weight excluding hydrogens is 278 g/mol. The number of alkyl halides is 1. The molecule has 126 valence electrons. The van der Waals surface area contributed by atoms with E-state index in [4.69, 9.17) is 11.6 Å². The van der Waals surface area contributed by atoms with Gasteiger partial charge in [-0.3, -0.25) is 0 Å². The molecule has 0 heterocycles. The Morgan fingerprint density at radius 2 is 1.29 bits per heavy atom. The lowest BCUT2D eigenvalue weighted by Gasteiger charge is -2.25. The van der Waals surface area contributed by atoms with Gasteiger partial charge in [0.1, 0.15) is 0 Å². The van der Waals surface area contributed by atoms with Crippen LogP contribution >= 0.6 is 11.6 Å². The van der Waals surface area contributed by atoms with Crippen molar-refractivity contribution in [1.29, 1.82) is 0 Å². The highest BCUT2D eigenvalue weighted by molar-refractivity contribution is 6.20. The molecule has 0 unspecified atom stereocenters. The highest BCUT2D eigenvalue weighted by Gasteiger charge is 2.18. The van der Waals surface area contributed by atoms with Gasteiger partial charge in [-0.05, 0) is 51.1 Å². The number of halogens is 1. The second-order valence-electron chi connectivity index (χ2n) is 7.00. The minimum atomic E-state index is 0.461. The van der Waals surface area contributed by atoms with E-state index in [1.54, 1.807) is 0 Å². The highest BCUT2D eigenvalue weighted by Crippen LogP contribution is 2.26. The van der Waals surface area contributed by atoms with Crippen LogP contribution in [0.1, 0.15) is 96.8 Å². The van der Waals surface area contributed by atoms with Gasteiger partial charge in [-0.2, -0.15) is 0 Å². The Hall–Kier alpha value is 0.250. The molecule has 1 saturated carbocycles. The van der Waals surface area contributed by atoms with Gasteiger partial charge >= 0.3 is 0 Å². The second-order valence-corrected chi connectivity index (χ2v) is 7.62. The molecule has 2 heteroatoms. The molecule has 0 aromatic heterocycles. The van der Waals surface area contributed by atoms with Crippen LogP contribution in [0.25, 0.3) is 0 Å². The fourth-order valence-electron chi connectivity index (χ4n) is 3.37. The molecule has 1 rings (SSSR count). The number of rotatable bonds is 13. The SMILES string of the molecule is CCCCCCCCCCCCNCC1CCC(Cl)CC1. The van der Waals surface area contributed by atoms with E-state index in [9.17, 15) is 0 Å². The van der Waals surface area contributed by atoms with Crippen molar-refractivity contribution in [3.05, 3.63) is 0 Å². The Kier molecular flexibility index (Phi) is 12.8. The molecule has 1 fully saturated rings. The van der Waals surface area contributed by atoms with Gasteiger partial charge in [0, 0.05) is 5.38 Å². The predicted octanol–water partition coefficient (Wildman–Crippen LogP) is 6.29. The fraction of sp³-hybridized carbons (Fsp3) is 1.00. The van der Waals surface area contributed by atoms with Gasteiger partial charge in [0.05, 0.1) is 0 Å². The molecule has 0 aromatic carbocycles. The van der Waals surface area contributed by atoms with E-state index < -0.39 is 0 Å². The van der Waals surface area contributed by atoms with E-state index in [0.717, 1.165) is 5.92 Å². The van der Waals surface area contributed by atoms with Crippen molar-refractivity contribution in [3.8, 4) is 0 Å². The minimum Gasteiger partial charge on any atom is -0.316 e. The van der Waals surface area contributed by atoms with Gasteiger partial charge < -0.3 is 5.32 Å². The Morgan fingerprint density at radius 1 is 0.762 bits per heavy atom. The largest absolute Gasteiger partial charge is 0.316 e. The first-order valence-electron chi connectivity index (χ1n) is 9.67. The summed E-state index contributed by atoms with van der Waals surface area (Å²) in [4.78, 5) is 0. The van der Waals surface area contributed by atoms with Crippen molar-refractivity contribution in [3.63, 3.8) is 0 Å². The molecule has 1 aliphatic carbocycles. The molecule has 1 aliphatic rings. The van der Waals surface area contributed by atoms with Crippen LogP contribution in [-0.4, -0.2) is 18.5 Å². The number of hydrogen-bond donors (Lipinski definition) is 1. The van der Waals surface area contributed by atoms with Crippen LogP contribution < -0.4 is 5.32 Å². The van der Waals surface area contributed by atoms with Gasteiger partial charge in [0.15, 0.2) is 0 Å². The highest BCUT2D eigenvalue weighted by atomic mass is 35.5. The van der Waals surface area contributed by atoms with Crippen LogP contribution in [-0.2, 0) is 0 Å². The standard InChI is InChI=1S/C19H38ClN/c1-2-3-4-5-6-7-8-9-10-11-16-21-17-18-12-14-19(20)15-13-18/h18-19,21H,2-17H2,1H3. The van der Waals surface area contributed by atoms with Crippen molar-refractivity contribution >= 4 is 11.6 Å². The molecule has 0 spiro atoms. The maximum absolute atomic E-state index is 6.14. The Morgan fingerprint density at radius 3 is 1.86 bits per heavy atom. The van der Waals surface area contributed by atoms with Gasteiger partial charge in [0.2, 0.25) is 0 Å². The smallest absolute Gasteiger partial charge is 0.0336 e. The molecule has 0 radical (unpaired) electrons. The van der Waals surface area contributed by atoms with Crippen molar-refractivity contribution in [2.24, 2.45) is 5.92 Å². The maximum atomic E-state index is 6.14. The first-order valence-corrected chi connectivity index (χ1v) is 10.1. The second kappa shape index (κ2) is 13.9. The van der Waals surface area contributed by atoms with E-state index in [0.29, 0.717) is 5.38 Å². The van der Waals surface area contributed by atoms with Gasteiger partial charge in [-0.25, -0.2) is 0 Å². The van der Waals surface area contributed by atoms with Crippen molar-refractivity contribution in [1.82, 2.24) is 5.32 Å². The molecule has 0 bridgehead atoms. The zero-order chi connectivity index (χ0) is 15.2. The van der Waals surface area contributed by atoms with E-state index in [2.05, 4.69) is 12.2 Å². The fourth-order valence-corrected chi connectivity index (χ4v) is 3.62. The summed E-state index contributed by atoms with van der Waals surface area (Å²) in [5.74, 6) is 0.892. The molecule has 21 heavy (non-hydrogen) atoms. The van der Waals surface area contributed by atoms with Crippen molar-refractivity contribution in [2.45, 2.75) is 102 Å². The van der Waals surface area contributed by atoms with Crippen LogP contribution in [0.5, 0.6) is 0 Å². The molecule has 0 atom stereocenters. The monoisotopic (exact) mass is 315 g/mol. The summed E-state index contributed by atoms with van der Waals surface area (Å²) in [7, 11) is 0. The quantitative estimate of drug-likeness (QED) is 0.311. The zero-order valence-electron chi connectivity index (χ0n) is 14.3. The van der Waals surface area contributed by atoms with Crippen molar-refractivity contribution in [2.75, 3.05) is 13.1 Å². The number of unbranched alkanes of at least 4 members (excludes halogenated alkanes) is 9. The third kappa shape index (κ3) is 11.5. The Bertz CT molecular complexity index is 212. The van der Waals surface area contributed by atoms with Crippen LogP contribution in [0.4, 0.5) is 0 Å². The van der Waals surface area contributed by atoms with Crippen LogP contribution in [0.2, 0.25) is 0 Å². The van der Waals surface area contributed by atoms with Crippen LogP contribution in [0, 0.1) is 5.92 Å². The summed E-state index contributed by atoms with van der Waals surface area (Å²) in [5.41, 5.74) is 0. The predicted molar refractivity (Wildman–Crippen MR) is 96.3 cm³/mol. The number of nitrogens with one attached hydrogen (secondary N) is 1. The van der Waals surface area contributed by atoms with Gasteiger partial charge in [-0.15, -0.1) is 11.6 Å². The average Bonchev–Trinajstić information content (AvgIpc) is 2.50. The minimum absolute atomic E-state index is 0.461. The van der Waals surface area contributed by atoms with Gasteiger partial charge in [0.25, 0.3) is 0 Å². The van der Waals surface area contributed by atoms with E-state index in [1.165, 1.54) is 103 Å². The topological polar surface area (TPSA) is 12.0 Å². The average molecular weight is 316 g/mol. The summed E-state index contributed by atoms with van der Waals surface area (Å²) in [5, 5.41) is 4.11. The number of hydrogen-bond acceptors (Lipinski definition) is 1. The summed E-state index contributed by atoms with van der Waals surface area (Å²) in [6, 6.07) is 0. The van der Waals surface area contributed by atoms with E-state index in [-0.39, 0.29) is 0 Å². The molecule has 1 nitrogen and oxygen atoms in total. The van der Waals surface area contributed by atoms with E-state index in [1.807, 2.05) is 0 Å². The molecule has 0 amide bonds. The van der Waals surface area contributed by atoms with Crippen molar-refractivity contribution < 1.29 is 0 Å². The summed E-state index contributed by atoms with van der Waals surface area (Å²) >= 11 is 6.14. The maximum Gasteiger partial charge on any atom is 0.0336 e. The third-order valence-electron chi connectivity index (χ3n) is 4.92. The third-order valence-corrected chi connectivity index (χ3v) is 5.35. The molecule has 0 aromatic rings. The summed E-state index contributed by atoms with van der Waals surface area (Å²) in [6.07, 6.45) is 19.4. The van der Waals surface area contributed by atoms with Crippen LogP contribution in [0.3, 0.4) is 0 Å². The van der Waals surface area contributed by atoms with E-state index >= 15 is 0 Å². The van der Waals surface area contributed by atoms with Crippen LogP contribution in [0.15, 0.2) is 0 Å². The lowest BCUT2D eigenvalue weighted by molar-refractivity contribution is 0.345. The first-order chi connectivity index (χ1) is 10.3. The first kappa shape index (κ1) is 19.3. The zero-order valence-corrected chi connectivity index (χ0v) is 15.1. The molecule has 0 aliphatic heterocycles. The summed E-state index contributed by atoms with van der Waals surface area (Å²) in [6.45, 7) is 4.73. The molecular formula is C19H38ClN. The lowest BCUT2D eigenvalue weighted by Crippen LogP contribution is -2.27. The Balaban J connectivity index is 1.73.